The third kappa shape index (κ3) is 3.97. The molecule has 1 aromatic heterocycles. The lowest BCUT2D eigenvalue weighted by Gasteiger charge is -2.05. The van der Waals surface area contributed by atoms with E-state index in [1.807, 2.05) is 6.92 Å². The normalized spacial score (nSPS) is 10.0. The molecule has 0 fully saturated rings. The zero-order chi connectivity index (χ0) is 11.1. The van der Waals surface area contributed by atoms with Crippen LogP contribution < -0.4 is 15.2 Å². The predicted octanol–water partition coefficient (Wildman–Crippen LogP) is 1.03. The van der Waals surface area contributed by atoms with Gasteiger partial charge in [-0.05, 0) is 13.3 Å². The fourth-order valence-corrected chi connectivity index (χ4v) is 0.919. The first-order valence-electron chi connectivity index (χ1n) is 5.03. The predicted molar refractivity (Wildman–Crippen MR) is 55.8 cm³/mol. The molecule has 1 heterocycles. The van der Waals surface area contributed by atoms with Gasteiger partial charge in [-0.25, -0.2) is 0 Å². The molecular weight excluding hydrogens is 196 g/mol. The third-order valence-corrected chi connectivity index (χ3v) is 1.61. The van der Waals surface area contributed by atoms with Crippen LogP contribution in [0, 0.1) is 0 Å². The van der Waals surface area contributed by atoms with E-state index in [9.17, 15) is 0 Å². The van der Waals surface area contributed by atoms with Crippen molar-refractivity contribution in [3.05, 3.63) is 0 Å². The minimum atomic E-state index is 0.111. The van der Waals surface area contributed by atoms with Gasteiger partial charge in [0.2, 0.25) is 5.95 Å². The molecule has 6 nitrogen and oxygen atoms in total. The van der Waals surface area contributed by atoms with E-state index in [0.717, 1.165) is 12.8 Å². The molecular formula is C9H16N4O2. The molecule has 0 saturated carbocycles. The maximum Gasteiger partial charge on any atom is 0.324 e. The Morgan fingerprint density at radius 1 is 1.07 bits per heavy atom. The lowest BCUT2D eigenvalue weighted by Crippen LogP contribution is -2.07. The van der Waals surface area contributed by atoms with Crippen LogP contribution in [-0.4, -0.2) is 28.2 Å². The molecule has 84 valence electrons. The first-order chi connectivity index (χ1) is 7.26. The van der Waals surface area contributed by atoms with E-state index in [1.165, 1.54) is 0 Å². The topological polar surface area (TPSA) is 83.2 Å². The summed E-state index contributed by atoms with van der Waals surface area (Å²) in [5.74, 6) is 0.111. The van der Waals surface area contributed by atoms with Gasteiger partial charge in [0.1, 0.15) is 0 Å². The van der Waals surface area contributed by atoms with Gasteiger partial charge < -0.3 is 15.2 Å². The SMILES string of the molecule is CCCCOc1nc(N)nc(OCC)n1. The minimum Gasteiger partial charge on any atom is -0.464 e. The second-order valence-electron chi connectivity index (χ2n) is 2.89. The summed E-state index contributed by atoms with van der Waals surface area (Å²) in [5, 5.41) is 0. The minimum absolute atomic E-state index is 0.111. The van der Waals surface area contributed by atoms with Gasteiger partial charge in [-0.2, -0.15) is 9.97 Å². The van der Waals surface area contributed by atoms with Crippen molar-refractivity contribution in [2.45, 2.75) is 26.7 Å². The van der Waals surface area contributed by atoms with Crippen LogP contribution in [0.3, 0.4) is 0 Å². The summed E-state index contributed by atoms with van der Waals surface area (Å²) in [6.45, 7) is 4.98. The average Bonchev–Trinajstić information content (AvgIpc) is 2.18. The van der Waals surface area contributed by atoms with Crippen molar-refractivity contribution < 1.29 is 9.47 Å². The summed E-state index contributed by atoms with van der Waals surface area (Å²) in [6, 6.07) is 0.427. The van der Waals surface area contributed by atoms with Crippen LogP contribution in [0.5, 0.6) is 12.0 Å². The van der Waals surface area contributed by atoms with Crippen molar-refractivity contribution in [2.75, 3.05) is 18.9 Å². The standard InChI is InChI=1S/C9H16N4O2/c1-3-5-6-15-9-12-7(10)11-8(13-9)14-4-2/h3-6H2,1-2H3,(H2,10,11,12,13). The lowest BCUT2D eigenvalue weighted by atomic mass is 10.4. The van der Waals surface area contributed by atoms with Gasteiger partial charge in [0.25, 0.3) is 0 Å². The molecule has 1 rings (SSSR count). The molecule has 15 heavy (non-hydrogen) atoms. The Hall–Kier alpha value is -1.59. The molecule has 0 bridgehead atoms. The fourth-order valence-electron chi connectivity index (χ4n) is 0.919. The quantitative estimate of drug-likeness (QED) is 0.709. The summed E-state index contributed by atoms with van der Waals surface area (Å²) < 4.78 is 10.4. The van der Waals surface area contributed by atoms with Gasteiger partial charge in [0.15, 0.2) is 0 Å². The Kier molecular flexibility index (Phi) is 4.59. The van der Waals surface area contributed by atoms with Crippen LogP contribution in [0.1, 0.15) is 26.7 Å². The lowest BCUT2D eigenvalue weighted by molar-refractivity contribution is 0.266. The van der Waals surface area contributed by atoms with Gasteiger partial charge in [-0.15, -0.1) is 4.98 Å². The Morgan fingerprint density at radius 3 is 2.33 bits per heavy atom. The number of unbranched alkanes of at least 4 members (excludes halogenated alkanes) is 1. The van der Waals surface area contributed by atoms with Crippen LogP contribution in [0.2, 0.25) is 0 Å². The highest BCUT2D eigenvalue weighted by Gasteiger charge is 2.05. The average molecular weight is 212 g/mol. The Bertz CT molecular complexity index is 306. The van der Waals surface area contributed by atoms with Crippen LogP contribution in [-0.2, 0) is 0 Å². The molecule has 0 aliphatic rings. The molecule has 0 radical (unpaired) electrons. The van der Waals surface area contributed by atoms with Crippen molar-refractivity contribution in [3.8, 4) is 12.0 Å². The van der Waals surface area contributed by atoms with Crippen molar-refractivity contribution in [3.63, 3.8) is 0 Å². The van der Waals surface area contributed by atoms with Gasteiger partial charge >= 0.3 is 12.0 Å². The van der Waals surface area contributed by atoms with Gasteiger partial charge in [0, 0.05) is 0 Å². The van der Waals surface area contributed by atoms with E-state index >= 15 is 0 Å². The van der Waals surface area contributed by atoms with E-state index in [-0.39, 0.29) is 18.0 Å². The van der Waals surface area contributed by atoms with Crippen LogP contribution in [0.25, 0.3) is 0 Å². The molecule has 2 N–H and O–H groups in total. The highest BCUT2D eigenvalue weighted by Crippen LogP contribution is 2.10. The Morgan fingerprint density at radius 2 is 1.73 bits per heavy atom. The van der Waals surface area contributed by atoms with Crippen molar-refractivity contribution in [1.29, 1.82) is 0 Å². The molecule has 0 spiro atoms. The molecule has 0 aliphatic carbocycles. The number of anilines is 1. The zero-order valence-corrected chi connectivity index (χ0v) is 9.06. The summed E-state index contributed by atoms with van der Waals surface area (Å²) in [7, 11) is 0. The smallest absolute Gasteiger partial charge is 0.324 e. The summed E-state index contributed by atoms with van der Waals surface area (Å²) in [6.07, 6.45) is 2.01. The second kappa shape index (κ2) is 6.00. The number of hydrogen-bond donors (Lipinski definition) is 1. The van der Waals surface area contributed by atoms with Gasteiger partial charge in [-0.1, -0.05) is 13.3 Å². The number of hydrogen-bond acceptors (Lipinski definition) is 6. The summed E-state index contributed by atoms with van der Waals surface area (Å²) in [5.41, 5.74) is 5.47. The number of nitrogens with zero attached hydrogens (tertiary/aromatic N) is 3. The maximum absolute atomic E-state index is 5.47. The highest BCUT2D eigenvalue weighted by atomic mass is 16.5. The van der Waals surface area contributed by atoms with E-state index < -0.39 is 0 Å². The Labute approximate surface area is 88.8 Å². The van der Waals surface area contributed by atoms with Crippen LogP contribution >= 0.6 is 0 Å². The number of nitrogen functional groups attached to an aromatic ring is 1. The highest BCUT2D eigenvalue weighted by molar-refractivity contribution is 5.20. The molecule has 0 aromatic carbocycles. The molecule has 0 unspecified atom stereocenters. The zero-order valence-electron chi connectivity index (χ0n) is 9.06. The summed E-state index contributed by atoms with van der Waals surface area (Å²) in [4.78, 5) is 11.6. The van der Waals surface area contributed by atoms with Gasteiger partial charge in [-0.3, -0.25) is 0 Å². The van der Waals surface area contributed by atoms with Crippen molar-refractivity contribution in [2.24, 2.45) is 0 Å². The number of nitrogens with two attached hydrogens (primary N) is 1. The number of ether oxygens (including phenoxy) is 2. The molecule has 1 aromatic rings. The van der Waals surface area contributed by atoms with E-state index in [1.54, 1.807) is 0 Å². The van der Waals surface area contributed by atoms with Crippen molar-refractivity contribution >= 4 is 5.95 Å². The third-order valence-electron chi connectivity index (χ3n) is 1.61. The fraction of sp³-hybridized carbons (Fsp3) is 0.667. The number of aromatic nitrogens is 3. The second-order valence-corrected chi connectivity index (χ2v) is 2.89. The largest absolute Gasteiger partial charge is 0.464 e. The van der Waals surface area contributed by atoms with E-state index in [2.05, 4.69) is 21.9 Å². The maximum atomic E-state index is 5.47. The first kappa shape index (κ1) is 11.5. The molecule has 0 amide bonds. The molecule has 0 saturated heterocycles. The molecule has 0 atom stereocenters. The van der Waals surface area contributed by atoms with Crippen LogP contribution in [0.4, 0.5) is 5.95 Å². The van der Waals surface area contributed by atoms with E-state index in [4.69, 9.17) is 15.2 Å². The van der Waals surface area contributed by atoms with Crippen molar-refractivity contribution in [1.82, 2.24) is 15.0 Å². The molecule has 6 heteroatoms. The summed E-state index contributed by atoms with van der Waals surface area (Å²) >= 11 is 0. The molecule has 0 aliphatic heterocycles. The first-order valence-corrected chi connectivity index (χ1v) is 5.03. The van der Waals surface area contributed by atoms with Crippen LogP contribution in [0.15, 0.2) is 0 Å². The van der Waals surface area contributed by atoms with Gasteiger partial charge in [0.05, 0.1) is 13.2 Å². The Balaban J connectivity index is 2.62. The monoisotopic (exact) mass is 212 g/mol. The van der Waals surface area contributed by atoms with E-state index in [0.29, 0.717) is 13.2 Å². The number of rotatable bonds is 6.